The first kappa shape index (κ1) is 14.8. The molecule has 0 aliphatic carbocycles. The molecule has 0 aliphatic heterocycles. The average molecular weight is 271 g/mol. The third-order valence-corrected chi connectivity index (χ3v) is 2.81. The minimum atomic E-state index is -0.402. The van der Waals surface area contributed by atoms with Gasteiger partial charge in [0.25, 0.3) is 5.91 Å². The van der Waals surface area contributed by atoms with Crippen molar-refractivity contribution >= 4 is 17.5 Å². The maximum atomic E-state index is 11.5. The van der Waals surface area contributed by atoms with Crippen LogP contribution in [0.3, 0.4) is 0 Å². The molecule has 5 heteroatoms. The van der Waals surface area contributed by atoms with Crippen LogP contribution in [0.4, 0.5) is 0 Å². The number of rotatable bonds is 7. The number of halogens is 1. The van der Waals surface area contributed by atoms with Gasteiger partial charge in [-0.25, -0.2) is 5.84 Å². The van der Waals surface area contributed by atoms with Crippen LogP contribution in [0, 0.1) is 0 Å². The molecule has 0 heterocycles. The van der Waals surface area contributed by atoms with Gasteiger partial charge >= 0.3 is 0 Å². The maximum absolute atomic E-state index is 11.5. The molecule has 0 spiro atoms. The summed E-state index contributed by atoms with van der Waals surface area (Å²) in [6.07, 6.45) is 4.48. The number of benzene rings is 1. The van der Waals surface area contributed by atoms with E-state index >= 15 is 0 Å². The van der Waals surface area contributed by atoms with E-state index in [1.54, 1.807) is 18.2 Å². The molecule has 4 nitrogen and oxygen atoms in total. The van der Waals surface area contributed by atoms with Gasteiger partial charge in [0.1, 0.15) is 5.75 Å². The highest BCUT2D eigenvalue weighted by Gasteiger charge is 2.12. The Morgan fingerprint density at radius 1 is 1.39 bits per heavy atom. The predicted octanol–water partition coefficient (Wildman–Crippen LogP) is 2.90. The standard InChI is InChI=1S/C13H19ClN2O2/c1-2-3-4-5-8-18-12-7-6-10(14)9-11(12)13(17)16-15/h6-7,9H,2-5,8,15H2,1H3,(H,16,17). The quantitative estimate of drug-likeness (QED) is 0.347. The molecule has 1 aromatic carbocycles. The van der Waals surface area contributed by atoms with Crippen molar-refractivity contribution < 1.29 is 9.53 Å². The second-order valence-corrected chi connectivity index (χ2v) is 4.46. The number of carbonyl (C=O) groups excluding carboxylic acids is 1. The minimum Gasteiger partial charge on any atom is -0.493 e. The highest BCUT2D eigenvalue weighted by Crippen LogP contribution is 2.23. The van der Waals surface area contributed by atoms with Crippen molar-refractivity contribution in [3.8, 4) is 5.75 Å². The second kappa shape index (κ2) is 7.95. The van der Waals surface area contributed by atoms with Crippen LogP contribution in [-0.4, -0.2) is 12.5 Å². The van der Waals surface area contributed by atoms with Crippen LogP contribution in [0.1, 0.15) is 43.0 Å². The van der Waals surface area contributed by atoms with Gasteiger partial charge in [-0.1, -0.05) is 37.8 Å². The van der Waals surface area contributed by atoms with Crippen molar-refractivity contribution in [2.75, 3.05) is 6.61 Å². The lowest BCUT2D eigenvalue weighted by atomic mass is 10.2. The number of carbonyl (C=O) groups is 1. The number of nitrogens with one attached hydrogen (secondary N) is 1. The fourth-order valence-corrected chi connectivity index (χ4v) is 1.77. The molecule has 1 aromatic rings. The number of hydrazine groups is 1. The second-order valence-electron chi connectivity index (χ2n) is 4.02. The van der Waals surface area contributed by atoms with E-state index in [9.17, 15) is 4.79 Å². The van der Waals surface area contributed by atoms with Gasteiger partial charge in [-0.2, -0.15) is 0 Å². The molecule has 0 atom stereocenters. The molecule has 0 unspecified atom stereocenters. The SMILES string of the molecule is CCCCCCOc1ccc(Cl)cc1C(=O)NN. The largest absolute Gasteiger partial charge is 0.493 e. The summed E-state index contributed by atoms with van der Waals surface area (Å²) in [5, 5.41) is 0.479. The van der Waals surface area contributed by atoms with Crippen LogP contribution in [-0.2, 0) is 0 Å². The molecule has 100 valence electrons. The maximum Gasteiger partial charge on any atom is 0.268 e. The molecular formula is C13H19ClN2O2. The molecule has 3 N–H and O–H groups in total. The predicted molar refractivity (Wildman–Crippen MR) is 72.7 cm³/mol. The summed E-state index contributed by atoms with van der Waals surface area (Å²) in [7, 11) is 0. The van der Waals surface area contributed by atoms with Gasteiger partial charge in [-0.05, 0) is 24.6 Å². The van der Waals surface area contributed by atoms with E-state index in [2.05, 4.69) is 12.3 Å². The average Bonchev–Trinajstić information content (AvgIpc) is 2.39. The van der Waals surface area contributed by atoms with Crippen molar-refractivity contribution in [1.82, 2.24) is 5.43 Å². The first-order valence-electron chi connectivity index (χ1n) is 6.12. The van der Waals surface area contributed by atoms with E-state index in [1.165, 1.54) is 12.8 Å². The number of ether oxygens (including phenoxy) is 1. The Hall–Kier alpha value is -1.26. The molecule has 0 saturated carbocycles. The molecular weight excluding hydrogens is 252 g/mol. The lowest BCUT2D eigenvalue weighted by Crippen LogP contribution is -2.30. The van der Waals surface area contributed by atoms with Crippen LogP contribution in [0.2, 0.25) is 5.02 Å². The van der Waals surface area contributed by atoms with Gasteiger partial charge in [0.15, 0.2) is 0 Å². The molecule has 0 fully saturated rings. The number of unbranched alkanes of at least 4 members (excludes halogenated alkanes) is 3. The molecule has 0 radical (unpaired) electrons. The zero-order valence-corrected chi connectivity index (χ0v) is 11.3. The number of nitrogen functional groups attached to an aromatic ring is 1. The zero-order chi connectivity index (χ0) is 13.4. The van der Waals surface area contributed by atoms with Crippen LogP contribution >= 0.6 is 11.6 Å². The fourth-order valence-electron chi connectivity index (χ4n) is 1.59. The zero-order valence-electron chi connectivity index (χ0n) is 10.5. The molecule has 1 rings (SSSR count). The van der Waals surface area contributed by atoms with E-state index in [0.29, 0.717) is 22.9 Å². The van der Waals surface area contributed by atoms with Gasteiger partial charge < -0.3 is 4.74 Å². The highest BCUT2D eigenvalue weighted by atomic mass is 35.5. The Labute approximate surface area is 112 Å². The summed E-state index contributed by atoms with van der Waals surface area (Å²) in [6, 6.07) is 4.92. The normalized spacial score (nSPS) is 10.2. The summed E-state index contributed by atoms with van der Waals surface area (Å²) in [6.45, 7) is 2.75. The summed E-state index contributed by atoms with van der Waals surface area (Å²) in [4.78, 5) is 11.5. The topological polar surface area (TPSA) is 64.3 Å². The van der Waals surface area contributed by atoms with Crippen LogP contribution in [0.15, 0.2) is 18.2 Å². The monoisotopic (exact) mass is 270 g/mol. The van der Waals surface area contributed by atoms with E-state index in [1.807, 2.05) is 0 Å². The summed E-state index contributed by atoms with van der Waals surface area (Å²) >= 11 is 5.84. The molecule has 1 amide bonds. The Bertz CT molecular complexity index is 397. The van der Waals surface area contributed by atoms with Gasteiger partial charge in [-0.15, -0.1) is 0 Å². The Balaban J connectivity index is 2.61. The van der Waals surface area contributed by atoms with Crippen molar-refractivity contribution in [2.24, 2.45) is 5.84 Å². The summed E-state index contributed by atoms with van der Waals surface area (Å²) in [5.74, 6) is 5.23. The minimum absolute atomic E-state index is 0.362. The molecule has 0 aliphatic rings. The van der Waals surface area contributed by atoms with Crippen molar-refractivity contribution in [3.05, 3.63) is 28.8 Å². The first-order chi connectivity index (χ1) is 8.69. The van der Waals surface area contributed by atoms with Crippen LogP contribution in [0.25, 0.3) is 0 Å². The van der Waals surface area contributed by atoms with E-state index in [0.717, 1.165) is 12.8 Å². The van der Waals surface area contributed by atoms with E-state index in [4.69, 9.17) is 22.2 Å². The first-order valence-corrected chi connectivity index (χ1v) is 6.50. The van der Waals surface area contributed by atoms with E-state index in [-0.39, 0.29) is 0 Å². The van der Waals surface area contributed by atoms with Gasteiger partial charge in [0, 0.05) is 5.02 Å². The van der Waals surface area contributed by atoms with Crippen molar-refractivity contribution in [3.63, 3.8) is 0 Å². The molecule has 0 bridgehead atoms. The number of hydrogen-bond donors (Lipinski definition) is 2. The molecule has 0 saturated heterocycles. The fraction of sp³-hybridized carbons (Fsp3) is 0.462. The van der Waals surface area contributed by atoms with Gasteiger partial charge in [0.05, 0.1) is 12.2 Å². The van der Waals surface area contributed by atoms with Crippen LogP contribution in [0.5, 0.6) is 5.75 Å². The molecule has 18 heavy (non-hydrogen) atoms. The third-order valence-electron chi connectivity index (χ3n) is 2.57. The smallest absolute Gasteiger partial charge is 0.268 e. The van der Waals surface area contributed by atoms with Crippen molar-refractivity contribution in [2.45, 2.75) is 32.6 Å². The van der Waals surface area contributed by atoms with Crippen molar-refractivity contribution in [1.29, 1.82) is 0 Å². The number of hydrogen-bond acceptors (Lipinski definition) is 3. The Morgan fingerprint density at radius 3 is 2.83 bits per heavy atom. The highest BCUT2D eigenvalue weighted by molar-refractivity contribution is 6.31. The Morgan fingerprint density at radius 2 is 2.17 bits per heavy atom. The van der Waals surface area contributed by atoms with Gasteiger partial charge in [-0.3, -0.25) is 10.2 Å². The lowest BCUT2D eigenvalue weighted by molar-refractivity contribution is 0.0949. The molecule has 0 aromatic heterocycles. The van der Waals surface area contributed by atoms with Crippen LogP contribution < -0.4 is 16.0 Å². The van der Waals surface area contributed by atoms with E-state index < -0.39 is 5.91 Å². The van der Waals surface area contributed by atoms with Gasteiger partial charge in [0.2, 0.25) is 0 Å². The Kier molecular flexibility index (Phi) is 6.54. The lowest BCUT2D eigenvalue weighted by Gasteiger charge is -2.10. The number of nitrogens with two attached hydrogens (primary N) is 1. The third kappa shape index (κ3) is 4.55. The summed E-state index contributed by atoms with van der Waals surface area (Å²) < 4.78 is 5.59. The number of amides is 1. The summed E-state index contributed by atoms with van der Waals surface area (Å²) in [5.41, 5.74) is 2.44.